The monoisotopic (exact) mass is 268 g/mol. The maximum atomic E-state index is 12.4. The van der Waals surface area contributed by atoms with Crippen LogP contribution in [0.1, 0.15) is 29.4 Å². The lowest BCUT2D eigenvalue weighted by Crippen LogP contribution is -2.46. The highest BCUT2D eigenvalue weighted by Crippen LogP contribution is 2.27. The molecule has 1 aromatic rings. The van der Waals surface area contributed by atoms with Crippen LogP contribution >= 0.6 is 11.3 Å². The normalized spacial score (nSPS) is 24.1. The number of carbonyl (C=O) groups excluding carboxylic acids is 1. The van der Waals surface area contributed by atoms with E-state index in [0.29, 0.717) is 18.5 Å². The third kappa shape index (κ3) is 2.67. The molecule has 2 rings (SSSR count). The first kappa shape index (κ1) is 13.4. The SMILES string of the molecule is COc1csc(C(=O)N2CC(CN)CCC2C)c1. The van der Waals surface area contributed by atoms with E-state index in [2.05, 4.69) is 6.92 Å². The number of rotatable bonds is 3. The Morgan fingerprint density at radius 3 is 3.00 bits per heavy atom. The molecule has 0 bridgehead atoms. The smallest absolute Gasteiger partial charge is 0.264 e. The molecular formula is C13H20N2O2S. The van der Waals surface area contributed by atoms with Crippen molar-refractivity contribution in [1.82, 2.24) is 4.90 Å². The van der Waals surface area contributed by atoms with Crippen molar-refractivity contribution in [3.63, 3.8) is 0 Å². The molecule has 1 aliphatic heterocycles. The molecule has 0 aromatic carbocycles. The molecule has 1 fully saturated rings. The molecule has 5 heteroatoms. The third-order valence-electron chi connectivity index (χ3n) is 3.60. The minimum Gasteiger partial charge on any atom is -0.496 e. The molecule has 2 unspecified atom stereocenters. The lowest BCUT2D eigenvalue weighted by molar-refractivity contribution is 0.0571. The second-order valence-electron chi connectivity index (χ2n) is 4.84. The van der Waals surface area contributed by atoms with E-state index in [9.17, 15) is 4.79 Å². The fourth-order valence-corrected chi connectivity index (χ4v) is 3.15. The van der Waals surface area contributed by atoms with Gasteiger partial charge in [0, 0.05) is 24.0 Å². The number of hydrogen-bond donors (Lipinski definition) is 1. The molecule has 4 nitrogen and oxygen atoms in total. The van der Waals surface area contributed by atoms with Gasteiger partial charge in [-0.2, -0.15) is 0 Å². The summed E-state index contributed by atoms with van der Waals surface area (Å²) in [5, 5.41) is 1.86. The third-order valence-corrected chi connectivity index (χ3v) is 4.49. The molecule has 18 heavy (non-hydrogen) atoms. The van der Waals surface area contributed by atoms with Gasteiger partial charge in [0.2, 0.25) is 0 Å². The number of ether oxygens (including phenoxy) is 1. The van der Waals surface area contributed by atoms with Crippen molar-refractivity contribution in [1.29, 1.82) is 0 Å². The number of amides is 1. The number of carbonyl (C=O) groups is 1. The average Bonchev–Trinajstić information content (AvgIpc) is 2.87. The Labute approximate surface area is 112 Å². The van der Waals surface area contributed by atoms with Gasteiger partial charge >= 0.3 is 0 Å². The van der Waals surface area contributed by atoms with Gasteiger partial charge in [-0.25, -0.2) is 0 Å². The van der Waals surface area contributed by atoms with E-state index in [4.69, 9.17) is 10.5 Å². The van der Waals surface area contributed by atoms with Crippen molar-refractivity contribution < 1.29 is 9.53 Å². The van der Waals surface area contributed by atoms with Crippen molar-refractivity contribution in [3.8, 4) is 5.75 Å². The maximum Gasteiger partial charge on any atom is 0.264 e. The van der Waals surface area contributed by atoms with Gasteiger partial charge in [0.15, 0.2) is 0 Å². The van der Waals surface area contributed by atoms with Gasteiger partial charge in [-0.15, -0.1) is 11.3 Å². The van der Waals surface area contributed by atoms with Gasteiger partial charge in [-0.05, 0) is 32.2 Å². The van der Waals surface area contributed by atoms with Crippen molar-refractivity contribution in [2.45, 2.75) is 25.8 Å². The zero-order valence-electron chi connectivity index (χ0n) is 10.9. The van der Waals surface area contributed by atoms with E-state index in [0.717, 1.165) is 30.0 Å². The Morgan fingerprint density at radius 2 is 2.39 bits per heavy atom. The molecule has 2 atom stereocenters. The number of nitrogens with two attached hydrogens (primary N) is 1. The van der Waals surface area contributed by atoms with Gasteiger partial charge in [-0.3, -0.25) is 4.79 Å². The fraction of sp³-hybridized carbons (Fsp3) is 0.615. The maximum absolute atomic E-state index is 12.4. The lowest BCUT2D eigenvalue weighted by Gasteiger charge is -2.37. The largest absolute Gasteiger partial charge is 0.496 e. The number of methoxy groups -OCH3 is 1. The van der Waals surface area contributed by atoms with Gasteiger partial charge < -0.3 is 15.4 Å². The number of thiophene rings is 1. The van der Waals surface area contributed by atoms with Crippen LogP contribution < -0.4 is 10.5 Å². The highest BCUT2D eigenvalue weighted by molar-refractivity contribution is 7.12. The minimum atomic E-state index is 0.106. The number of hydrogen-bond acceptors (Lipinski definition) is 4. The Hall–Kier alpha value is -1.07. The first-order chi connectivity index (χ1) is 8.65. The Balaban J connectivity index is 2.11. The standard InChI is InChI=1S/C13H20N2O2S/c1-9-3-4-10(6-14)7-15(9)13(16)12-5-11(17-2)8-18-12/h5,8-10H,3-4,6-7,14H2,1-2H3. The Kier molecular flexibility index (Phi) is 4.24. The number of likely N-dealkylation sites (tertiary alicyclic amines) is 1. The van der Waals surface area contributed by atoms with E-state index in [1.807, 2.05) is 16.3 Å². The predicted octanol–water partition coefficient (Wildman–Crippen LogP) is 1.96. The zero-order chi connectivity index (χ0) is 13.1. The first-order valence-corrected chi connectivity index (χ1v) is 7.17. The van der Waals surface area contributed by atoms with Crippen molar-refractivity contribution in [2.24, 2.45) is 11.7 Å². The molecule has 1 aliphatic rings. The summed E-state index contributed by atoms with van der Waals surface area (Å²) < 4.78 is 5.12. The summed E-state index contributed by atoms with van der Waals surface area (Å²) in [5.74, 6) is 1.30. The second kappa shape index (κ2) is 5.71. The topological polar surface area (TPSA) is 55.6 Å². The summed E-state index contributed by atoms with van der Waals surface area (Å²) in [6, 6.07) is 2.11. The van der Waals surface area contributed by atoms with Gasteiger partial charge in [-0.1, -0.05) is 0 Å². The van der Waals surface area contributed by atoms with E-state index in [1.165, 1.54) is 11.3 Å². The fourth-order valence-electron chi connectivity index (χ4n) is 2.34. The van der Waals surface area contributed by atoms with Crippen LogP contribution in [0.5, 0.6) is 5.75 Å². The molecule has 1 amide bonds. The van der Waals surface area contributed by atoms with Gasteiger partial charge in [0.25, 0.3) is 5.91 Å². The highest BCUT2D eigenvalue weighted by atomic mass is 32.1. The molecule has 1 saturated heterocycles. The van der Waals surface area contributed by atoms with Crippen LogP contribution in [0.2, 0.25) is 0 Å². The van der Waals surface area contributed by atoms with Gasteiger partial charge in [0.05, 0.1) is 12.0 Å². The number of piperidine rings is 1. The van der Waals surface area contributed by atoms with Crippen LogP contribution in [-0.4, -0.2) is 37.0 Å². The average molecular weight is 268 g/mol. The quantitative estimate of drug-likeness (QED) is 0.911. The molecule has 100 valence electrons. The molecule has 1 aromatic heterocycles. The summed E-state index contributed by atoms with van der Waals surface area (Å²) in [6.07, 6.45) is 2.16. The first-order valence-electron chi connectivity index (χ1n) is 6.29. The van der Waals surface area contributed by atoms with Crippen molar-refractivity contribution in [2.75, 3.05) is 20.2 Å². The van der Waals surface area contributed by atoms with E-state index in [-0.39, 0.29) is 5.91 Å². The molecule has 0 aliphatic carbocycles. The summed E-state index contributed by atoms with van der Waals surface area (Å²) in [6.45, 7) is 3.54. The molecule has 2 heterocycles. The van der Waals surface area contributed by atoms with E-state index in [1.54, 1.807) is 7.11 Å². The van der Waals surface area contributed by atoms with Crippen molar-refractivity contribution in [3.05, 3.63) is 16.3 Å². The zero-order valence-corrected chi connectivity index (χ0v) is 11.7. The van der Waals surface area contributed by atoms with E-state index < -0.39 is 0 Å². The van der Waals surface area contributed by atoms with Gasteiger partial charge in [0.1, 0.15) is 5.75 Å². The van der Waals surface area contributed by atoms with E-state index >= 15 is 0 Å². The summed E-state index contributed by atoms with van der Waals surface area (Å²) in [5.41, 5.74) is 5.72. The molecular weight excluding hydrogens is 248 g/mol. The highest BCUT2D eigenvalue weighted by Gasteiger charge is 2.29. The molecule has 0 saturated carbocycles. The predicted molar refractivity (Wildman–Crippen MR) is 73.1 cm³/mol. The summed E-state index contributed by atoms with van der Waals surface area (Å²) in [7, 11) is 1.62. The second-order valence-corrected chi connectivity index (χ2v) is 5.75. The van der Waals surface area contributed by atoms with Crippen molar-refractivity contribution >= 4 is 17.2 Å². The van der Waals surface area contributed by atoms with Crippen LogP contribution in [0.15, 0.2) is 11.4 Å². The Bertz CT molecular complexity index is 419. The summed E-state index contributed by atoms with van der Waals surface area (Å²) >= 11 is 1.44. The minimum absolute atomic E-state index is 0.106. The molecule has 2 N–H and O–H groups in total. The van der Waals surface area contributed by atoms with Crippen LogP contribution in [0.25, 0.3) is 0 Å². The molecule has 0 spiro atoms. The lowest BCUT2D eigenvalue weighted by atomic mass is 9.93. The van der Waals surface area contributed by atoms with Crippen LogP contribution in [0, 0.1) is 5.92 Å². The molecule has 0 radical (unpaired) electrons. The van der Waals surface area contributed by atoms with Crippen LogP contribution in [0.4, 0.5) is 0 Å². The number of nitrogens with zero attached hydrogens (tertiary/aromatic N) is 1. The Morgan fingerprint density at radius 1 is 1.61 bits per heavy atom. The van der Waals surface area contributed by atoms with Crippen LogP contribution in [-0.2, 0) is 0 Å². The summed E-state index contributed by atoms with van der Waals surface area (Å²) in [4.78, 5) is 15.1. The van der Waals surface area contributed by atoms with Crippen LogP contribution in [0.3, 0.4) is 0 Å².